The number of ether oxygens (including phenoxy) is 2. The van der Waals surface area contributed by atoms with Gasteiger partial charge in [0.15, 0.2) is 0 Å². The maximum atomic E-state index is 10.6. The largest absolute Gasteiger partial charge is 0.435 e. The summed E-state index contributed by atoms with van der Waals surface area (Å²) < 4.78 is 9.78. The normalized spacial score (nSPS) is 9.62. The zero-order chi connectivity index (χ0) is 12.1. The van der Waals surface area contributed by atoms with Gasteiger partial charge in [-0.3, -0.25) is 14.9 Å². The fourth-order valence-corrected chi connectivity index (χ4v) is 1.15. The van der Waals surface area contributed by atoms with Gasteiger partial charge >= 0.3 is 11.7 Å². The molecular weight excluding hydrogens is 284 g/mol. The predicted molar refractivity (Wildman–Crippen MR) is 55.9 cm³/mol. The molecule has 7 nitrogen and oxygen atoms in total. The van der Waals surface area contributed by atoms with E-state index in [0.717, 1.165) is 0 Å². The zero-order valence-corrected chi connectivity index (χ0v) is 9.76. The fraction of sp³-hybridized carbons (Fsp3) is 0.250. The Labute approximate surface area is 98.7 Å². The number of halogens is 1. The fourth-order valence-electron chi connectivity index (χ4n) is 0.826. The minimum atomic E-state index is -0.638. The van der Waals surface area contributed by atoms with Gasteiger partial charge in [-0.15, -0.1) is 0 Å². The second-order valence-electron chi connectivity index (χ2n) is 2.63. The van der Waals surface area contributed by atoms with E-state index in [1.54, 1.807) is 0 Å². The Morgan fingerprint density at radius 1 is 1.69 bits per heavy atom. The minimum Gasteiger partial charge on any atom is -0.435 e. The van der Waals surface area contributed by atoms with Crippen LogP contribution in [-0.2, 0) is 9.53 Å². The third-order valence-electron chi connectivity index (χ3n) is 1.45. The number of pyridine rings is 1. The van der Waals surface area contributed by atoms with E-state index in [0.29, 0.717) is 4.47 Å². The molecule has 1 heterocycles. The molecule has 1 aromatic rings. The summed E-state index contributed by atoms with van der Waals surface area (Å²) in [4.78, 5) is 24.1. The van der Waals surface area contributed by atoms with E-state index in [4.69, 9.17) is 4.74 Å². The summed E-state index contributed by atoms with van der Waals surface area (Å²) in [5.74, 6) is -0.741. The molecule has 0 unspecified atom stereocenters. The van der Waals surface area contributed by atoms with E-state index in [1.807, 2.05) is 0 Å². The highest BCUT2D eigenvalue weighted by Crippen LogP contribution is 2.27. The molecule has 16 heavy (non-hydrogen) atoms. The lowest BCUT2D eigenvalue weighted by Crippen LogP contribution is -2.08. The maximum absolute atomic E-state index is 10.6. The minimum absolute atomic E-state index is 0.200. The van der Waals surface area contributed by atoms with Crippen LogP contribution in [0.5, 0.6) is 5.88 Å². The van der Waals surface area contributed by atoms with Crippen molar-refractivity contribution >= 4 is 27.6 Å². The lowest BCUT2D eigenvalue weighted by molar-refractivity contribution is -0.386. The van der Waals surface area contributed by atoms with Crippen molar-refractivity contribution in [2.75, 3.05) is 6.79 Å². The smallest absolute Gasteiger partial charge is 0.332 e. The highest BCUT2D eigenvalue weighted by Gasteiger charge is 2.17. The van der Waals surface area contributed by atoms with Gasteiger partial charge in [-0.05, 0) is 15.9 Å². The molecule has 1 rings (SSSR count). The first-order valence-electron chi connectivity index (χ1n) is 4.07. The predicted octanol–water partition coefficient (Wildman–Crippen LogP) is 1.65. The summed E-state index contributed by atoms with van der Waals surface area (Å²) in [6.07, 6.45) is 1.34. The van der Waals surface area contributed by atoms with Gasteiger partial charge in [0.1, 0.15) is 0 Å². The lowest BCUT2D eigenvalue weighted by atomic mass is 10.4. The quantitative estimate of drug-likeness (QED) is 0.362. The monoisotopic (exact) mass is 290 g/mol. The van der Waals surface area contributed by atoms with Gasteiger partial charge in [0.25, 0.3) is 5.88 Å². The lowest BCUT2D eigenvalue weighted by Gasteiger charge is -2.05. The van der Waals surface area contributed by atoms with Crippen LogP contribution >= 0.6 is 15.9 Å². The van der Waals surface area contributed by atoms with Crippen LogP contribution < -0.4 is 4.74 Å². The molecule has 0 aliphatic rings. The van der Waals surface area contributed by atoms with Crippen LogP contribution in [0.1, 0.15) is 6.92 Å². The Balaban J connectivity index is 2.78. The van der Waals surface area contributed by atoms with Crippen LogP contribution in [-0.4, -0.2) is 22.7 Å². The van der Waals surface area contributed by atoms with Crippen molar-refractivity contribution in [1.82, 2.24) is 4.98 Å². The van der Waals surface area contributed by atoms with Crippen LogP contribution in [0.3, 0.4) is 0 Å². The van der Waals surface area contributed by atoms with Crippen LogP contribution in [0.15, 0.2) is 16.7 Å². The number of nitrogens with zero attached hydrogens (tertiary/aromatic N) is 2. The number of rotatable bonds is 4. The second kappa shape index (κ2) is 5.40. The van der Waals surface area contributed by atoms with Gasteiger partial charge in [-0.25, -0.2) is 4.98 Å². The molecule has 0 radical (unpaired) electrons. The van der Waals surface area contributed by atoms with Gasteiger partial charge in [0.2, 0.25) is 6.79 Å². The van der Waals surface area contributed by atoms with Gasteiger partial charge in [-0.1, -0.05) is 0 Å². The number of aromatic nitrogens is 1. The van der Waals surface area contributed by atoms with Crippen LogP contribution in [0, 0.1) is 10.1 Å². The molecular formula is C8H7BrN2O5. The molecule has 8 heteroatoms. The van der Waals surface area contributed by atoms with E-state index in [-0.39, 0.29) is 11.6 Å². The van der Waals surface area contributed by atoms with Crippen molar-refractivity contribution in [3.8, 4) is 5.88 Å². The zero-order valence-electron chi connectivity index (χ0n) is 8.18. The number of carbonyl (C=O) groups excluding carboxylic acids is 1. The van der Waals surface area contributed by atoms with Crippen molar-refractivity contribution in [3.05, 3.63) is 26.9 Å². The summed E-state index contributed by atoms with van der Waals surface area (Å²) in [5.41, 5.74) is -0.304. The number of hydrogen-bond acceptors (Lipinski definition) is 6. The van der Waals surface area contributed by atoms with Gasteiger partial charge < -0.3 is 9.47 Å². The molecule has 0 saturated heterocycles. The van der Waals surface area contributed by atoms with E-state index in [9.17, 15) is 14.9 Å². The summed E-state index contributed by atoms with van der Waals surface area (Å²) >= 11 is 3.05. The average Bonchev–Trinajstić information content (AvgIpc) is 2.19. The molecule has 0 aromatic carbocycles. The van der Waals surface area contributed by atoms with Gasteiger partial charge in [0, 0.05) is 23.7 Å². The number of nitro groups is 1. The van der Waals surface area contributed by atoms with Crippen molar-refractivity contribution in [1.29, 1.82) is 0 Å². The number of carbonyl (C=O) groups is 1. The molecule has 86 valence electrons. The highest BCUT2D eigenvalue weighted by atomic mass is 79.9. The molecule has 1 aromatic heterocycles. The average molecular weight is 291 g/mol. The maximum Gasteiger partial charge on any atom is 0.332 e. The summed E-state index contributed by atoms with van der Waals surface area (Å²) in [6, 6.07) is 1.25. The number of esters is 1. The van der Waals surface area contributed by atoms with Crippen LogP contribution in [0.2, 0.25) is 0 Å². The second-order valence-corrected chi connectivity index (χ2v) is 3.55. The van der Waals surface area contributed by atoms with Crippen molar-refractivity contribution in [3.63, 3.8) is 0 Å². The summed E-state index contributed by atoms with van der Waals surface area (Å²) in [5, 5.41) is 10.6. The first-order chi connectivity index (χ1) is 7.50. The van der Waals surface area contributed by atoms with E-state index < -0.39 is 17.7 Å². The number of hydrogen-bond donors (Lipinski definition) is 0. The first-order valence-corrected chi connectivity index (χ1v) is 4.86. The molecule has 0 bridgehead atoms. The molecule has 0 aliphatic carbocycles. The molecule has 0 saturated carbocycles. The Bertz CT molecular complexity index is 423. The third-order valence-corrected chi connectivity index (χ3v) is 1.89. The highest BCUT2D eigenvalue weighted by molar-refractivity contribution is 9.10. The van der Waals surface area contributed by atoms with E-state index >= 15 is 0 Å². The molecule has 0 atom stereocenters. The Hall–Kier alpha value is -1.70. The molecule has 0 N–H and O–H groups in total. The molecule has 0 aliphatic heterocycles. The first kappa shape index (κ1) is 12.4. The topological polar surface area (TPSA) is 91.6 Å². The SMILES string of the molecule is CC(=O)OCOc1ncc(Br)cc1[N+](=O)[O-]. The summed E-state index contributed by atoms with van der Waals surface area (Å²) in [7, 11) is 0. The van der Waals surface area contributed by atoms with Gasteiger partial charge in [-0.2, -0.15) is 0 Å². The standard InChI is InChI=1S/C8H7BrN2O5/c1-5(12)15-4-16-8-7(11(13)14)2-6(9)3-10-8/h2-3H,4H2,1H3. The van der Waals surface area contributed by atoms with Gasteiger partial charge in [0.05, 0.1) is 4.92 Å². The molecule has 0 spiro atoms. The Kier molecular flexibility index (Phi) is 4.18. The van der Waals surface area contributed by atoms with E-state index in [2.05, 4.69) is 25.7 Å². The van der Waals surface area contributed by atoms with Crippen LogP contribution in [0.4, 0.5) is 5.69 Å². The molecule has 0 fully saturated rings. The molecule has 0 amide bonds. The van der Waals surface area contributed by atoms with Crippen molar-refractivity contribution in [2.24, 2.45) is 0 Å². The Morgan fingerprint density at radius 3 is 2.94 bits per heavy atom. The van der Waals surface area contributed by atoms with Crippen LogP contribution in [0.25, 0.3) is 0 Å². The Morgan fingerprint density at radius 2 is 2.38 bits per heavy atom. The van der Waals surface area contributed by atoms with Crippen molar-refractivity contribution < 1.29 is 19.2 Å². The van der Waals surface area contributed by atoms with E-state index in [1.165, 1.54) is 19.2 Å². The van der Waals surface area contributed by atoms with Crippen molar-refractivity contribution in [2.45, 2.75) is 6.92 Å². The summed E-state index contributed by atoms with van der Waals surface area (Å²) in [6.45, 7) is 0.789. The third kappa shape index (κ3) is 3.46.